The first kappa shape index (κ1) is 8.86. The first-order chi connectivity index (χ1) is 6.27. The van der Waals surface area contributed by atoms with Gasteiger partial charge in [-0.25, -0.2) is 0 Å². The minimum absolute atomic E-state index is 0.496. The molecule has 0 spiro atoms. The monoisotopic (exact) mass is 209 g/mol. The highest BCUT2D eigenvalue weighted by Crippen LogP contribution is 2.26. The third-order valence-electron chi connectivity index (χ3n) is 1.92. The van der Waals surface area contributed by atoms with Gasteiger partial charge in [0.1, 0.15) is 4.84 Å². The lowest BCUT2D eigenvalue weighted by molar-refractivity contribution is 1.36. The van der Waals surface area contributed by atoms with Crippen LogP contribution in [0.15, 0.2) is 36.4 Å². The third-order valence-corrected chi connectivity index (χ3v) is 2.39. The predicted molar refractivity (Wildman–Crippen MR) is 57.2 cm³/mol. The summed E-state index contributed by atoms with van der Waals surface area (Å²) in [5.74, 6) is 0. The third kappa shape index (κ3) is 1.79. The Morgan fingerprint density at radius 3 is 2.54 bits per heavy atom. The number of hydrogen-bond donors (Lipinski definition) is 0. The SMILES string of the molecule is ClC(Cl)c1[c]c2ccccc2cc1. The fraction of sp³-hybridized carbons (Fsp3) is 0.0909. The van der Waals surface area contributed by atoms with Crippen molar-refractivity contribution in [1.82, 2.24) is 0 Å². The highest BCUT2D eigenvalue weighted by molar-refractivity contribution is 6.44. The lowest BCUT2D eigenvalue weighted by Crippen LogP contribution is -1.81. The van der Waals surface area contributed by atoms with E-state index in [1.807, 2.05) is 36.4 Å². The number of hydrogen-bond acceptors (Lipinski definition) is 0. The predicted octanol–water partition coefficient (Wildman–Crippen LogP) is 4.12. The molecule has 0 aliphatic rings. The van der Waals surface area contributed by atoms with Crippen molar-refractivity contribution in [1.29, 1.82) is 0 Å². The van der Waals surface area contributed by atoms with Crippen LogP contribution in [0.2, 0.25) is 0 Å². The molecule has 2 heteroatoms. The van der Waals surface area contributed by atoms with Gasteiger partial charge in [0.15, 0.2) is 0 Å². The van der Waals surface area contributed by atoms with E-state index in [1.165, 1.54) is 0 Å². The van der Waals surface area contributed by atoms with E-state index in [0.717, 1.165) is 16.3 Å². The van der Waals surface area contributed by atoms with E-state index in [-0.39, 0.29) is 0 Å². The van der Waals surface area contributed by atoms with Gasteiger partial charge in [-0.15, -0.1) is 23.2 Å². The van der Waals surface area contributed by atoms with E-state index >= 15 is 0 Å². The Balaban J connectivity index is 2.62. The Labute approximate surface area is 87.1 Å². The quantitative estimate of drug-likeness (QED) is 0.621. The summed E-state index contributed by atoms with van der Waals surface area (Å²) in [6.07, 6.45) is 0. The fourth-order valence-corrected chi connectivity index (χ4v) is 1.51. The number of halogens is 2. The maximum atomic E-state index is 5.74. The van der Waals surface area contributed by atoms with Gasteiger partial charge in [-0.3, -0.25) is 0 Å². The first-order valence-electron chi connectivity index (χ1n) is 3.96. The van der Waals surface area contributed by atoms with Crippen LogP contribution in [-0.2, 0) is 0 Å². The highest BCUT2D eigenvalue weighted by Gasteiger charge is 2.03. The normalized spacial score (nSPS) is 11.0. The molecule has 0 amide bonds. The summed E-state index contributed by atoms with van der Waals surface area (Å²) in [7, 11) is 0. The molecular weight excluding hydrogens is 203 g/mol. The molecule has 65 valence electrons. The summed E-state index contributed by atoms with van der Waals surface area (Å²) >= 11 is 11.5. The first-order valence-corrected chi connectivity index (χ1v) is 4.84. The van der Waals surface area contributed by atoms with Crippen molar-refractivity contribution in [2.24, 2.45) is 0 Å². The lowest BCUT2D eigenvalue weighted by atomic mass is 10.1. The highest BCUT2D eigenvalue weighted by atomic mass is 35.5. The van der Waals surface area contributed by atoms with Crippen molar-refractivity contribution < 1.29 is 0 Å². The second kappa shape index (κ2) is 3.57. The van der Waals surface area contributed by atoms with Crippen molar-refractivity contribution in [2.45, 2.75) is 4.84 Å². The van der Waals surface area contributed by atoms with Crippen LogP contribution >= 0.6 is 23.2 Å². The molecule has 2 rings (SSSR count). The summed E-state index contributed by atoms with van der Waals surface area (Å²) < 4.78 is 0. The number of rotatable bonds is 1. The van der Waals surface area contributed by atoms with Crippen molar-refractivity contribution in [2.75, 3.05) is 0 Å². The van der Waals surface area contributed by atoms with Gasteiger partial charge >= 0.3 is 0 Å². The fourth-order valence-electron chi connectivity index (χ4n) is 1.26. The van der Waals surface area contributed by atoms with E-state index in [4.69, 9.17) is 23.2 Å². The number of fused-ring (bicyclic) bond motifs is 1. The molecule has 0 saturated heterocycles. The maximum absolute atomic E-state index is 5.74. The molecule has 0 aliphatic carbocycles. The molecular formula is C11H7Cl2. The molecule has 0 atom stereocenters. The molecule has 0 aliphatic heterocycles. The Kier molecular flexibility index (Phi) is 2.43. The van der Waals surface area contributed by atoms with E-state index in [9.17, 15) is 0 Å². The number of benzene rings is 2. The van der Waals surface area contributed by atoms with Crippen LogP contribution in [0.4, 0.5) is 0 Å². The summed E-state index contributed by atoms with van der Waals surface area (Å²) in [4.78, 5) is -0.496. The molecule has 2 aromatic carbocycles. The van der Waals surface area contributed by atoms with Gasteiger partial charge < -0.3 is 0 Å². The van der Waals surface area contributed by atoms with Gasteiger partial charge in [0.2, 0.25) is 0 Å². The molecule has 0 saturated carbocycles. The molecule has 0 heterocycles. The molecule has 13 heavy (non-hydrogen) atoms. The smallest absolute Gasteiger partial charge is 0.100 e. The van der Waals surface area contributed by atoms with Gasteiger partial charge in [0.05, 0.1) is 0 Å². The van der Waals surface area contributed by atoms with Gasteiger partial charge in [0, 0.05) is 0 Å². The topological polar surface area (TPSA) is 0 Å². The van der Waals surface area contributed by atoms with Gasteiger partial charge in [0.25, 0.3) is 0 Å². The minimum atomic E-state index is -0.496. The second-order valence-electron chi connectivity index (χ2n) is 2.80. The van der Waals surface area contributed by atoms with Crippen LogP contribution in [0.25, 0.3) is 10.8 Å². The zero-order chi connectivity index (χ0) is 9.26. The minimum Gasteiger partial charge on any atom is -0.100 e. The largest absolute Gasteiger partial charge is 0.133 e. The summed E-state index contributed by atoms with van der Waals surface area (Å²) in [5, 5.41) is 2.20. The standard InChI is InChI=1S/C11H7Cl2/c12-11(13)10-6-5-8-3-1-2-4-9(8)7-10/h1-6,11H. The van der Waals surface area contributed by atoms with Crippen molar-refractivity contribution in [3.8, 4) is 0 Å². The van der Waals surface area contributed by atoms with Crippen LogP contribution < -0.4 is 0 Å². The van der Waals surface area contributed by atoms with Crippen LogP contribution in [0.5, 0.6) is 0 Å². The molecule has 2 aromatic rings. The molecule has 1 radical (unpaired) electrons. The number of alkyl halides is 2. The molecule has 0 fully saturated rings. The average Bonchev–Trinajstić information content (AvgIpc) is 2.17. The average molecular weight is 210 g/mol. The molecule has 0 N–H and O–H groups in total. The molecule has 0 nitrogen and oxygen atoms in total. The Morgan fingerprint density at radius 2 is 1.77 bits per heavy atom. The summed E-state index contributed by atoms with van der Waals surface area (Å²) in [6.45, 7) is 0. The van der Waals surface area contributed by atoms with Crippen LogP contribution in [0.3, 0.4) is 0 Å². The van der Waals surface area contributed by atoms with E-state index < -0.39 is 4.84 Å². The van der Waals surface area contributed by atoms with E-state index in [2.05, 4.69) is 6.07 Å². The zero-order valence-electron chi connectivity index (χ0n) is 6.80. The van der Waals surface area contributed by atoms with Gasteiger partial charge in [-0.05, 0) is 22.4 Å². The zero-order valence-corrected chi connectivity index (χ0v) is 8.31. The Morgan fingerprint density at radius 1 is 1.00 bits per heavy atom. The van der Waals surface area contributed by atoms with E-state index in [1.54, 1.807) is 0 Å². The molecule has 0 aromatic heterocycles. The lowest BCUT2D eigenvalue weighted by Gasteiger charge is -2.02. The maximum Gasteiger partial charge on any atom is 0.133 e. The van der Waals surface area contributed by atoms with E-state index in [0.29, 0.717) is 0 Å². The van der Waals surface area contributed by atoms with Crippen LogP contribution in [0, 0.1) is 6.07 Å². The van der Waals surface area contributed by atoms with Crippen LogP contribution in [-0.4, -0.2) is 0 Å². The molecule has 0 bridgehead atoms. The molecule has 0 unspecified atom stereocenters. The van der Waals surface area contributed by atoms with Gasteiger partial charge in [-0.1, -0.05) is 36.4 Å². The van der Waals surface area contributed by atoms with Gasteiger partial charge in [-0.2, -0.15) is 0 Å². The summed E-state index contributed by atoms with van der Waals surface area (Å²) in [6, 6.07) is 15.1. The van der Waals surface area contributed by atoms with Crippen molar-refractivity contribution in [3.05, 3.63) is 48.0 Å². The Hall–Kier alpha value is -0.720. The summed E-state index contributed by atoms with van der Waals surface area (Å²) in [5.41, 5.74) is 0.821. The second-order valence-corrected chi connectivity index (χ2v) is 3.90. The Bertz CT molecular complexity index is 421. The van der Waals surface area contributed by atoms with Crippen molar-refractivity contribution >= 4 is 34.0 Å². The van der Waals surface area contributed by atoms with Crippen molar-refractivity contribution in [3.63, 3.8) is 0 Å². The van der Waals surface area contributed by atoms with Crippen LogP contribution in [0.1, 0.15) is 10.4 Å².